The number of aryl methyl sites for hydroxylation is 2. The molecule has 2 aliphatic heterocycles. The van der Waals surface area contributed by atoms with Crippen LogP contribution in [-0.4, -0.2) is 94.1 Å². The third kappa shape index (κ3) is 7.61. The summed E-state index contributed by atoms with van der Waals surface area (Å²) in [4.78, 5) is 51.8. The third-order valence-corrected chi connectivity index (χ3v) is 11.2. The van der Waals surface area contributed by atoms with Gasteiger partial charge in [0.2, 0.25) is 11.8 Å². The number of amides is 2. The summed E-state index contributed by atoms with van der Waals surface area (Å²) in [5, 5.41) is 0. The first-order valence-corrected chi connectivity index (χ1v) is 19.2. The van der Waals surface area contributed by atoms with Crippen LogP contribution >= 0.6 is 0 Å². The second-order valence-corrected chi connectivity index (χ2v) is 16.6. The Morgan fingerprint density at radius 2 is 1.75 bits per heavy atom. The number of hydrogen-bond acceptors (Lipinski definition) is 11. The fourth-order valence-corrected chi connectivity index (χ4v) is 7.93. The third-order valence-electron chi connectivity index (χ3n) is 9.87. The first-order valence-electron chi connectivity index (χ1n) is 17.7. The zero-order chi connectivity index (χ0) is 37.7. The molecule has 2 aromatic heterocycles. The molecule has 278 valence electrons. The van der Waals surface area contributed by atoms with Crippen molar-refractivity contribution in [2.45, 2.75) is 89.1 Å². The van der Waals surface area contributed by atoms with Gasteiger partial charge < -0.3 is 24.2 Å². The maximum Gasteiger partial charge on any atom is 0.410 e. The Balaban J connectivity index is 1.36. The van der Waals surface area contributed by atoms with Crippen LogP contribution in [0.2, 0.25) is 0 Å². The zero-order valence-corrected chi connectivity index (χ0v) is 31.6. The van der Waals surface area contributed by atoms with Crippen LogP contribution in [0, 0.1) is 13.8 Å². The van der Waals surface area contributed by atoms with Gasteiger partial charge in [0.1, 0.15) is 17.5 Å². The number of carbonyl (C=O) groups excluding carboxylic acids is 2. The zero-order valence-electron chi connectivity index (χ0n) is 30.7. The highest BCUT2D eigenvalue weighted by Gasteiger charge is 2.44. The molecule has 0 radical (unpaired) electrons. The van der Waals surface area contributed by atoms with Gasteiger partial charge in [0.25, 0.3) is 15.9 Å². The van der Waals surface area contributed by atoms with Crippen LogP contribution in [0.1, 0.15) is 67.2 Å². The average Bonchev–Trinajstić information content (AvgIpc) is 3.48. The molecule has 2 atom stereocenters. The number of benzene rings is 2. The fourth-order valence-electron chi connectivity index (χ4n) is 6.94. The van der Waals surface area contributed by atoms with Gasteiger partial charge in [-0.1, -0.05) is 24.3 Å². The van der Waals surface area contributed by atoms with Gasteiger partial charge in [-0.15, -0.1) is 0 Å². The Hall–Kier alpha value is -5.31. The maximum atomic E-state index is 14.7. The number of sulfonamides is 1. The minimum absolute atomic E-state index is 0.00275. The Morgan fingerprint density at radius 1 is 1.02 bits per heavy atom. The largest absolute Gasteiger partial charge is 0.470 e. The molecule has 2 aromatic carbocycles. The van der Waals surface area contributed by atoms with Crippen molar-refractivity contribution in [3.8, 4) is 17.1 Å². The van der Waals surface area contributed by atoms with Crippen LogP contribution in [0.3, 0.4) is 0 Å². The van der Waals surface area contributed by atoms with Crippen LogP contribution < -0.4 is 14.4 Å². The minimum Gasteiger partial charge on any atom is -0.470 e. The van der Waals surface area contributed by atoms with Gasteiger partial charge in [0.05, 0.1) is 47.8 Å². The van der Waals surface area contributed by atoms with Gasteiger partial charge in [-0.25, -0.2) is 27.9 Å². The molecule has 0 unspecified atom stereocenters. The molecule has 14 nitrogen and oxygen atoms in total. The molecule has 1 saturated heterocycles. The summed E-state index contributed by atoms with van der Waals surface area (Å²) in [5.74, 6) is 0.0826. The molecule has 0 spiro atoms. The molecule has 2 fully saturated rings. The van der Waals surface area contributed by atoms with E-state index in [1.54, 1.807) is 50.2 Å². The molecule has 1 N–H and O–H groups in total. The molecule has 4 aromatic rings. The van der Waals surface area contributed by atoms with Gasteiger partial charge in [-0.05, 0) is 83.2 Å². The lowest BCUT2D eigenvalue weighted by atomic mass is 9.92. The normalized spacial score (nSPS) is 19.8. The molecule has 3 aliphatic rings. The Kier molecular flexibility index (Phi) is 9.47. The lowest BCUT2D eigenvalue weighted by Gasteiger charge is -2.36. The van der Waals surface area contributed by atoms with Gasteiger partial charge >= 0.3 is 6.09 Å². The molecule has 2 amide bonds. The van der Waals surface area contributed by atoms with Crippen molar-refractivity contribution >= 4 is 33.8 Å². The summed E-state index contributed by atoms with van der Waals surface area (Å²) in [6, 6.07) is 12.9. The highest BCUT2D eigenvalue weighted by molar-refractivity contribution is 7.92. The van der Waals surface area contributed by atoms with Crippen molar-refractivity contribution < 1.29 is 27.5 Å². The van der Waals surface area contributed by atoms with E-state index in [-0.39, 0.29) is 41.9 Å². The lowest BCUT2D eigenvalue weighted by Crippen LogP contribution is -2.48. The number of fused-ring (bicyclic) bond motifs is 5. The van der Waals surface area contributed by atoms with E-state index in [0.717, 1.165) is 36.0 Å². The van der Waals surface area contributed by atoms with Gasteiger partial charge in [-0.3, -0.25) is 9.78 Å². The van der Waals surface area contributed by atoms with Crippen molar-refractivity contribution in [1.82, 2.24) is 29.7 Å². The fraction of sp³-hybridized carbons (Fsp3) is 0.421. The molecule has 1 saturated carbocycles. The number of rotatable bonds is 5. The summed E-state index contributed by atoms with van der Waals surface area (Å²) < 4.78 is 42.5. The number of anilines is 2. The number of carbonyl (C=O) groups is 2. The molecule has 7 rings (SSSR count). The highest BCUT2D eigenvalue weighted by Crippen LogP contribution is 2.33. The lowest BCUT2D eigenvalue weighted by molar-refractivity contribution is 0.0269. The minimum atomic E-state index is -4.25. The number of nitrogens with zero attached hydrogens (tertiary/aromatic N) is 7. The standard InChI is InChI=1S/C38H44N8O6S/c1-23-10-7-11-24(2)34(23)29-17-33-42-36(41-29)43-53(49,50)28-15-8-12-25(16-28)35(47)46(20-26-18-39-19-32(40-26)44(6)27-13-9-14-27)30-21-45(22-31(30)51-33)37(48)52-38(3,4)5/h7-8,10-12,15-19,27,30-31H,9,13-14,20-22H2,1-6H3,(H,41,42,43)/t30-,31-/m1/s1. The van der Waals surface area contributed by atoms with Crippen LogP contribution in [0.5, 0.6) is 5.88 Å². The number of hydrogen-bond donors (Lipinski definition) is 1. The molecule has 1 aliphatic carbocycles. The topological polar surface area (TPSA) is 160 Å². The molecule has 15 heteroatoms. The second-order valence-electron chi connectivity index (χ2n) is 14.9. The predicted molar refractivity (Wildman–Crippen MR) is 198 cm³/mol. The first-order chi connectivity index (χ1) is 25.1. The van der Waals surface area contributed by atoms with E-state index in [2.05, 4.69) is 24.6 Å². The van der Waals surface area contributed by atoms with Crippen molar-refractivity contribution in [2.75, 3.05) is 29.8 Å². The van der Waals surface area contributed by atoms with E-state index >= 15 is 0 Å². The summed E-state index contributed by atoms with van der Waals surface area (Å²) in [7, 11) is -2.26. The molecule has 4 bridgehead atoms. The summed E-state index contributed by atoms with van der Waals surface area (Å²) in [6.07, 6.45) is 5.25. The summed E-state index contributed by atoms with van der Waals surface area (Å²) in [5.41, 5.74) is 2.97. The smallest absolute Gasteiger partial charge is 0.410 e. The Bertz CT molecular complexity index is 2150. The number of nitrogens with one attached hydrogen (secondary N) is 1. The molecule has 4 heterocycles. The van der Waals surface area contributed by atoms with Crippen molar-refractivity contribution in [3.05, 3.63) is 83.3 Å². The van der Waals surface area contributed by atoms with Crippen molar-refractivity contribution in [1.29, 1.82) is 0 Å². The van der Waals surface area contributed by atoms with E-state index in [1.807, 2.05) is 39.1 Å². The first kappa shape index (κ1) is 36.1. The average molecular weight is 741 g/mol. The SMILES string of the molecule is Cc1cccc(C)c1-c1cc2nc(n1)NS(=O)(=O)c1cccc(c1)C(=O)N(Cc1cncc(N(C)C3CCC3)n1)[C@@H]1CN(C(=O)OC(C)(C)C)C[C@H]1O2. The van der Waals surface area contributed by atoms with Crippen LogP contribution in [0.15, 0.2) is 65.8 Å². The summed E-state index contributed by atoms with van der Waals surface area (Å²) >= 11 is 0. The quantitative estimate of drug-likeness (QED) is 0.281. The molecular formula is C38H44N8O6S. The van der Waals surface area contributed by atoms with E-state index in [9.17, 15) is 18.0 Å². The number of likely N-dealkylation sites (tertiary alicyclic amines) is 1. The second kappa shape index (κ2) is 13.9. The Morgan fingerprint density at radius 3 is 2.45 bits per heavy atom. The number of ether oxygens (including phenoxy) is 2. The summed E-state index contributed by atoms with van der Waals surface area (Å²) in [6.45, 7) is 9.39. The predicted octanol–water partition coefficient (Wildman–Crippen LogP) is 5.36. The maximum absolute atomic E-state index is 14.7. The van der Waals surface area contributed by atoms with Gasteiger partial charge in [0.15, 0.2) is 0 Å². The molecule has 53 heavy (non-hydrogen) atoms. The van der Waals surface area contributed by atoms with Crippen LogP contribution in [-0.2, 0) is 21.3 Å². The van der Waals surface area contributed by atoms with E-state index < -0.39 is 39.8 Å². The van der Waals surface area contributed by atoms with Crippen molar-refractivity contribution in [3.63, 3.8) is 0 Å². The van der Waals surface area contributed by atoms with Crippen LogP contribution in [0.25, 0.3) is 11.3 Å². The van der Waals surface area contributed by atoms with E-state index in [4.69, 9.17) is 14.5 Å². The number of aromatic nitrogens is 4. The van der Waals surface area contributed by atoms with Gasteiger partial charge in [-0.2, -0.15) is 4.98 Å². The Labute approximate surface area is 309 Å². The molecular weight excluding hydrogens is 697 g/mol. The highest BCUT2D eigenvalue weighted by atomic mass is 32.2. The van der Waals surface area contributed by atoms with E-state index in [1.165, 1.54) is 23.1 Å². The van der Waals surface area contributed by atoms with E-state index in [0.29, 0.717) is 23.2 Å². The van der Waals surface area contributed by atoms with Gasteiger partial charge in [0, 0.05) is 36.8 Å². The monoisotopic (exact) mass is 740 g/mol. The van der Waals surface area contributed by atoms with Crippen molar-refractivity contribution in [2.24, 2.45) is 0 Å². The van der Waals surface area contributed by atoms with Crippen LogP contribution in [0.4, 0.5) is 16.6 Å².